The van der Waals surface area contributed by atoms with E-state index in [-0.39, 0.29) is 0 Å². The van der Waals surface area contributed by atoms with Crippen LogP contribution >= 0.6 is 0 Å². The van der Waals surface area contributed by atoms with Gasteiger partial charge in [-0.05, 0) is 101 Å². The van der Waals surface area contributed by atoms with Gasteiger partial charge in [0.2, 0.25) is 9.84 Å². The lowest BCUT2D eigenvalue weighted by Crippen LogP contribution is -2.31. The van der Waals surface area contributed by atoms with E-state index < -0.39 is 9.84 Å². The fraction of sp³-hybridized carbons (Fsp3) is 0.571. The summed E-state index contributed by atoms with van der Waals surface area (Å²) in [6, 6.07) is 10.9. The summed E-state index contributed by atoms with van der Waals surface area (Å²) in [6.45, 7) is 7.98. The van der Waals surface area contributed by atoms with E-state index >= 15 is 0 Å². The second-order valence-corrected chi connectivity index (χ2v) is 11.9. The van der Waals surface area contributed by atoms with Gasteiger partial charge in [-0.2, -0.15) is 0 Å². The van der Waals surface area contributed by atoms with E-state index in [1.807, 2.05) is 24.3 Å². The van der Waals surface area contributed by atoms with Gasteiger partial charge in [0, 0.05) is 24.2 Å². The van der Waals surface area contributed by atoms with Gasteiger partial charge in [-0.1, -0.05) is 12.8 Å². The molecule has 0 amide bonds. The second-order valence-electron chi connectivity index (χ2n) is 10.0. The molecule has 3 aliphatic rings. The number of benzene rings is 2. The molecule has 5 rings (SSSR count). The molecule has 3 aliphatic heterocycles. The molecule has 0 bridgehead atoms. The number of sulfone groups is 1. The van der Waals surface area contributed by atoms with E-state index in [2.05, 4.69) is 9.80 Å². The number of ether oxygens (including phenoxy) is 2. The van der Waals surface area contributed by atoms with Crippen LogP contribution in [0.15, 0.2) is 46.2 Å². The molecule has 0 aromatic heterocycles. The first-order valence-corrected chi connectivity index (χ1v) is 14.8. The summed E-state index contributed by atoms with van der Waals surface area (Å²) in [5.41, 5.74) is 1.50. The van der Waals surface area contributed by atoms with Crippen LogP contribution in [0, 0.1) is 0 Å². The Balaban J connectivity index is 1.17. The fourth-order valence-corrected chi connectivity index (χ4v) is 7.23. The average molecular weight is 499 g/mol. The van der Waals surface area contributed by atoms with Gasteiger partial charge in [-0.15, -0.1) is 0 Å². The minimum Gasteiger partial charge on any atom is -0.494 e. The Labute approximate surface area is 210 Å². The van der Waals surface area contributed by atoms with Crippen molar-refractivity contribution >= 4 is 9.84 Å². The largest absolute Gasteiger partial charge is 0.494 e. The summed E-state index contributed by atoms with van der Waals surface area (Å²) < 4.78 is 38.5. The monoisotopic (exact) mass is 498 g/mol. The molecule has 190 valence electrons. The number of piperidine rings is 2. The summed E-state index contributed by atoms with van der Waals surface area (Å²) in [4.78, 5) is 5.65. The van der Waals surface area contributed by atoms with Crippen molar-refractivity contribution < 1.29 is 17.9 Å². The number of rotatable bonds is 10. The minimum absolute atomic E-state index is 0.336. The second kappa shape index (κ2) is 11.3. The molecular formula is C28H38N2O4S. The number of nitrogens with zero attached hydrogens (tertiary/aromatic N) is 2. The third-order valence-corrected chi connectivity index (χ3v) is 9.28. The standard InChI is InChI=1S/C28H38N2O4S/c31-35(32)27-21-23(33-19-7-17-29-13-3-1-4-14-29)9-11-25(27)26-12-10-24(22-28(26)35)34-20-8-18-30-15-5-2-6-16-30/h9-12,21-22H,1-8,13-20H2. The number of likely N-dealkylation sites (tertiary alicyclic amines) is 2. The fourth-order valence-electron chi connectivity index (χ4n) is 5.52. The van der Waals surface area contributed by atoms with Crippen molar-refractivity contribution in [2.75, 3.05) is 52.5 Å². The highest BCUT2D eigenvalue weighted by atomic mass is 32.2. The predicted octanol–water partition coefficient (Wildman–Crippen LogP) is 5.01. The topological polar surface area (TPSA) is 59.1 Å². The summed E-state index contributed by atoms with van der Waals surface area (Å²) in [5.74, 6) is 1.24. The molecule has 0 spiro atoms. The van der Waals surface area contributed by atoms with E-state index in [1.54, 1.807) is 12.1 Å². The van der Waals surface area contributed by atoms with Crippen LogP contribution in [0.4, 0.5) is 0 Å². The number of fused-ring (bicyclic) bond motifs is 3. The summed E-state index contributed by atoms with van der Waals surface area (Å²) in [7, 11) is -3.58. The zero-order chi connectivity index (χ0) is 24.1. The van der Waals surface area contributed by atoms with Crippen molar-refractivity contribution in [3.8, 4) is 22.6 Å². The van der Waals surface area contributed by atoms with E-state index in [4.69, 9.17) is 9.47 Å². The van der Waals surface area contributed by atoms with Crippen LogP contribution in [-0.2, 0) is 9.84 Å². The quantitative estimate of drug-likeness (QED) is 0.366. The molecule has 0 saturated carbocycles. The molecule has 2 saturated heterocycles. The maximum Gasteiger partial charge on any atom is 0.208 e. The SMILES string of the molecule is O=S1(=O)c2cc(OCCCN3CCCCC3)ccc2-c2ccc(OCCCN3CCCCC3)cc21. The molecule has 7 heteroatoms. The van der Waals surface area contributed by atoms with Crippen molar-refractivity contribution in [1.82, 2.24) is 9.80 Å². The van der Waals surface area contributed by atoms with Crippen LogP contribution in [0.5, 0.6) is 11.5 Å². The molecule has 0 N–H and O–H groups in total. The van der Waals surface area contributed by atoms with Crippen LogP contribution in [0.25, 0.3) is 11.1 Å². The van der Waals surface area contributed by atoms with Gasteiger partial charge in [-0.3, -0.25) is 0 Å². The molecular weight excluding hydrogens is 460 g/mol. The van der Waals surface area contributed by atoms with E-state index in [0.29, 0.717) is 34.5 Å². The Morgan fingerprint density at radius 3 is 1.49 bits per heavy atom. The summed E-state index contributed by atoms with van der Waals surface area (Å²) in [5, 5.41) is 0. The molecule has 2 aromatic rings. The molecule has 35 heavy (non-hydrogen) atoms. The zero-order valence-electron chi connectivity index (χ0n) is 20.7. The van der Waals surface area contributed by atoms with Crippen LogP contribution in [-0.4, -0.2) is 70.7 Å². The highest BCUT2D eigenvalue weighted by molar-refractivity contribution is 7.92. The Kier molecular flexibility index (Phi) is 7.95. The first-order chi connectivity index (χ1) is 17.1. The highest BCUT2D eigenvalue weighted by Gasteiger charge is 2.33. The molecule has 2 aromatic carbocycles. The van der Waals surface area contributed by atoms with E-state index in [0.717, 1.165) is 37.1 Å². The Morgan fingerprint density at radius 1 is 0.629 bits per heavy atom. The van der Waals surface area contributed by atoms with Crippen molar-refractivity contribution in [3.05, 3.63) is 36.4 Å². The van der Waals surface area contributed by atoms with Crippen molar-refractivity contribution in [2.45, 2.75) is 61.2 Å². The lowest BCUT2D eigenvalue weighted by molar-refractivity contribution is 0.205. The Morgan fingerprint density at radius 2 is 1.06 bits per heavy atom. The Bertz CT molecular complexity index is 1020. The van der Waals surface area contributed by atoms with Crippen molar-refractivity contribution in [2.24, 2.45) is 0 Å². The molecule has 0 aliphatic carbocycles. The van der Waals surface area contributed by atoms with E-state index in [1.165, 1.54) is 64.7 Å². The predicted molar refractivity (Wildman–Crippen MR) is 138 cm³/mol. The van der Waals surface area contributed by atoms with Gasteiger partial charge in [0.1, 0.15) is 11.5 Å². The van der Waals surface area contributed by atoms with Gasteiger partial charge in [0.25, 0.3) is 0 Å². The number of hydrogen-bond donors (Lipinski definition) is 0. The molecule has 3 heterocycles. The van der Waals surface area contributed by atoms with Crippen molar-refractivity contribution in [1.29, 1.82) is 0 Å². The van der Waals surface area contributed by atoms with E-state index in [9.17, 15) is 8.42 Å². The van der Waals surface area contributed by atoms with Crippen LogP contribution in [0.2, 0.25) is 0 Å². The van der Waals surface area contributed by atoms with Gasteiger partial charge in [0.05, 0.1) is 23.0 Å². The molecule has 0 atom stereocenters. The molecule has 2 fully saturated rings. The average Bonchev–Trinajstić information content (AvgIpc) is 3.12. The lowest BCUT2D eigenvalue weighted by atomic mass is 10.1. The highest BCUT2D eigenvalue weighted by Crippen LogP contribution is 2.45. The molecule has 6 nitrogen and oxygen atoms in total. The number of hydrogen-bond acceptors (Lipinski definition) is 6. The molecule has 0 unspecified atom stereocenters. The first kappa shape index (κ1) is 24.6. The lowest BCUT2D eigenvalue weighted by Gasteiger charge is -2.26. The van der Waals surface area contributed by atoms with Crippen LogP contribution < -0.4 is 9.47 Å². The third-order valence-electron chi connectivity index (χ3n) is 7.45. The van der Waals surface area contributed by atoms with Gasteiger partial charge < -0.3 is 19.3 Å². The van der Waals surface area contributed by atoms with Crippen molar-refractivity contribution in [3.63, 3.8) is 0 Å². The maximum atomic E-state index is 13.3. The zero-order valence-corrected chi connectivity index (χ0v) is 21.5. The normalized spacial score (nSPS) is 19.8. The minimum atomic E-state index is -3.58. The third kappa shape index (κ3) is 5.84. The smallest absolute Gasteiger partial charge is 0.208 e. The van der Waals surface area contributed by atoms with Crippen LogP contribution in [0.3, 0.4) is 0 Å². The summed E-state index contributed by atoms with van der Waals surface area (Å²) >= 11 is 0. The first-order valence-electron chi connectivity index (χ1n) is 13.4. The Hall–Kier alpha value is -2.09. The van der Waals surface area contributed by atoms with Gasteiger partial charge >= 0.3 is 0 Å². The molecule has 0 radical (unpaired) electrons. The van der Waals surface area contributed by atoms with Gasteiger partial charge in [-0.25, -0.2) is 8.42 Å². The van der Waals surface area contributed by atoms with Crippen LogP contribution in [0.1, 0.15) is 51.4 Å². The van der Waals surface area contributed by atoms with Gasteiger partial charge in [0.15, 0.2) is 0 Å². The summed E-state index contributed by atoms with van der Waals surface area (Å²) in [6.07, 6.45) is 9.72. The maximum absolute atomic E-state index is 13.3.